The van der Waals surface area contributed by atoms with Crippen LogP contribution in [0.3, 0.4) is 0 Å². The monoisotopic (exact) mass is 449 g/mol. The highest BCUT2D eigenvalue weighted by atomic mass is 79.9. The van der Waals surface area contributed by atoms with Gasteiger partial charge < -0.3 is 5.32 Å². The minimum Gasteiger partial charge on any atom is -0.326 e. The molecule has 1 fully saturated rings. The van der Waals surface area contributed by atoms with Crippen LogP contribution in [0.4, 0.5) is 15.8 Å². The van der Waals surface area contributed by atoms with Gasteiger partial charge in [0.1, 0.15) is 16.8 Å². The maximum atomic E-state index is 14.1. The Labute approximate surface area is 169 Å². The van der Waals surface area contributed by atoms with Crippen molar-refractivity contribution in [1.82, 2.24) is 4.90 Å². The number of aliphatic imine (C=N–C) groups is 1. The van der Waals surface area contributed by atoms with Crippen LogP contribution in [0, 0.1) is 5.82 Å². The third-order valence-corrected chi connectivity index (χ3v) is 5.56. The Hall–Kier alpha value is -2.19. The summed E-state index contributed by atoms with van der Waals surface area (Å²) in [5, 5.41) is 2.60. The summed E-state index contributed by atoms with van der Waals surface area (Å²) in [5.74, 6) is -0.924. The van der Waals surface area contributed by atoms with Gasteiger partial charge in [0.05, 0.1) is 0 Å². The lowest BCUT2D eigenvalue weighted by Crippen LogP contribution is -2.33. The second-order valence-corrected chi connectivity index (χ2v) is 7.88. The van der Waals surface area contributed by atoms with E-state index in [0.29, 0.717) is 21.9 Å². The van der Waals surface area contributed by atoms with Gasteiger partial charge in [0.2, 0.25) is 11.8 Å². The van der Waals surface area contributed by atoms with Crippen molar-refractivity contribution in [1.29, 1.82) is 0 Å². The van der Waals surface area contributed by atoms with Gasteiger partial charge in [-0.05, 0) is 37.3 Å². The van der Waals surface area contributed by atoms with Crippen LogP contribution in [0.15, 0.2) is 58.0 Å². The topological polar surface area (TPSA) is 61.8 Å². The number of amides is 2. The van der Waals surface area contributed by atoms with E-state index in [1.165, 1.54) is 22.7 Å². The molecule has 0 aromatic heterocycles. The molecule has 2 aromatic carbocycles. The first-order valence-electron chi connectivity index (χ1n) is 8.34. The van der Waals surface area contributed by atoms with Crippen molar-refractivity contribution < 1.29 is 14.0 Å². The summed E-state index contributed by atoms with van der Waals surface area (Å²) in [4.78, 5) is 30.7. The molecule has 1 aliphatic rings. The van der Waals surface area contributed by atoms with E-state index in [9.17, 15) is 14.0 Å². The highest BCUT2D eigenvalue weighted by Gasteiger charge is 2.38. The van der Waals surface area contributed by atoms with E-state index >= 15 is 0 Å². The molecule has 2 aromatic rings. The Balaban J connectivity index is 1.74. The fraction of sp³-hybridized carbons (Fsp3) is 0.211. The van der Waals surface area contributed by atoms with Gasteiger partial charge in [0.15, 0.2) is 5.17 Å². The smallest absolute Gasteiger partial charge is 0.242 e. The predicted molar refractivity (Wildman–Crippen MR) is 110 cm³/mol. The Morgan fingerprint density at radius 3 is 2.70 bits per heavy atom. The molecule has 140 valence electrons. The minimum atomic E-state index is -0.578. The van der Waals surface area contributed by atoms with E-state index in [1.807, 2.05) is 25.1 Å². The number of benzene rings is 2. The molecule has 1 N–H and O–H groups in total. The van der Waals surface area contributed by atoms with E-state index in [-0.39, 0.29) is 23.9 Å². The van der Waals surface area contributed by atoms with Crippen molar-refractivity contribution in [2.24, 2.45) is 4.99 Å². The predicted octanol–water partition coefficient (Wildman–Crippen LogP) is 4.57. The first-order chi connectivity index (χ1) is 13.0. The molecular weight excluding hydrogens is 433 g/mol. The van der Waals surface area contributed by atoms with Crippen molar-refractivity contribution in [2.75, 3.05) is 11.9 Å². The van der Waals surface area contributed by atoms with Crippen molar-refractivity contribution in [3.8, 4) is 0 Å². The van der Waals surface area contributed by atoms with Gasteiger partial charge in [-0.1, -0.05) is 45.9 Å². The fourth-order valence-corrected chi connectivity index (χ4v) is 4.14. The zero-order chi connectivity index (χ0) is 19.4. The fourth-order valence-electron chi connectivity index (χ4n) is 2.59. The molecule has 0 bridgehead atoms. The molecule has 0 saturated carbocycles. The van der Waals surface area contributed by atoms with Gasteiger partial charge in [-0.25, -0.2) is 9.38 Å². The van der Waals surface area contributed by atoms with Crippen LogP contribution in [-0.4, -0.2) is 33.7 Å². The van der Waals surface area contributed by atoms with E-state index in [4.69, 9.17) is 0 Å². The molecule has 1 unspecified atom stereocenters. The van der Waals surface area contributed by atoms with E-state index < -0.39 is 11.1 Å². The molecular formula is C19H17BrFN3O2S. The molecule has 0 aliphatic carbocycles. The number of hydrogen-bond acceptors (Lipinski definition) is 4. The van der Waals surface area contributed by atoms with Crippen molar-refractivity contribution in [3.63, 3.8) is 0 Å². The first-order valence-corrected chi connectivity index (χ1v) is 10.0. The number of carbonyl (C=O) groups is 2. The number of para-hydroxylation sites is 1. The molecule has 2 amide bonds. The standard InChI is InChI=1S/C19H17BrFN3O2S/c1-2-24-18(26)16(11-17(25)22-13-6-4-3-5-7-13)27-19(24)23-15-9-8-12(20)10-14(15)21/h3-10,16H,2,11H2,1H3,(H,22,25). The van der Waals surface area contributed by atoms with Crippen molar-refractivity contribution in [3.05, 3.63) is 58.8 Å². The molecule has 0 radical (unpaired) electrons. The molecule has 1 aliphatic heterocycles. The van der Waals surface area contributed by atoms with Crippen LogP contribution in [0.1, 0.15) is 13.3 Å². The van der Waals surface area contributed by atoms with E-state index in [1.54, 1.807) is 24.3 Å². The third kappa shape index (κ3) is 4.75. The van der Waals surface area contributed by atoms with Gasteiger partial charge in [-0.2, -0.15) is 0 Å². The molecule has 5 nitrogen and oxygen atoms in total. The zero-order valence-electron chi connectivity index (χ0n) is 14.5. The van der Waals surface area contributed by atoms with Crippen LogP contribution in [-0.2, 0) is 9.59 Å². The number of halogens is 2. The average Bonchev–Trinajstić information content (AvgIpc) is 2.92. The maximum absolute atomic E-state index is 14.1. The van der Waals surface area contributed by atoms with Gasteiger partial charge in [0, 0.05) is 23.1 Å². The number of nitrogens with one attached hydrogen (secondary N) is 1. The number of hydrogen-bond donors (Lipinski definition) is 1. The number of rotatable bonds is 5. The first kappa shape index (κ1) is 19.6. The summed E-state index contributed by atoms with van der Waals surface area (Å²) in [7, 11) is 0. The highest BCUT2D eigenvalue weighted by molar-refractivity contribution is 9.10. The van der Waals surface area contributed by atoms with Crippen molar-refractivity contribution in [2.45, 2.75) is 18.6 Å². The number of amidine groups is 1. The summed E-state index contributed by atoms with van der Waals surface area (Å²) in [5.41, 5.74) is 0.831. The lowest BCUT2D eigenvalue weighted by molar-refractivity contribution is -0.128. The van der Waals surface area contributed by atoms with Gasteiger partial charge in [-0.15, -0.1) is 0 Å². The maximum Gasteiger partial charge on any atom is 0.242 e. The lowest BCUT2D eigenvalue weighted by Gasteiger charge is -2.13. The molecule has 8 heteroatoms. The Morgan fingerprint density at radius 1 is 1.30 bits per heavy atom. The van der Waals surface area contributed by atoms with Crippen LogP contribution in [0.25, 0.3) is 0 Å². The summed E-state index contributed by atoms with van der Waals surface area (Å²) < 4.78 is 14.7. The normalized spacial score (nSPS) is 18.2. The SMILES string of the molecule is CCN1C(=O)C(CC(=O)Nc2ccccc2)SC1=Nc1ccc(Br)cc1F. The molecule has 1 heterocycles. The van der Waals surface area contributed by atoms with Crippen molar-refractivity contribution >= 4 is 56.0 Å². The molecule has 3 rings (SSSR count). The largest absolute Gasteiger partial charge is 0.326 e. The van der Waals surface area contributed by atoms with E-state index in [0.717, 1.165) is 0 Å². The molecule has 1 saturated heterocycles. The Bertz CT molecular complexity index is 892. The summed E-state index contributed by atoms with van der Waals surface area (Å²) in [6.07, 6.45) is 0.0245. The summed E-state index contributed by atoms with van der Waals surface area (Å²) >= 11 is 4.39. The van der Waals surface area contributed by atoms with Crippen LogP contribution < -0.4 is 5.32 Å². The number of nitrogens with zero attached hydrogens (tertiary/aromatic N) is 2. The van der Waals surface area contributed by atoms with Gasteiger partial charge >= 0.3 is 0 Å². The quantitative estimate of drug-likeness (QED) is 0.726. The Kier molecular flexibility index (Phi) is 6.28. The Morgan fingerprint density at radius 2 is 2.04 bits per heavy atom. The molecule has 27 heavy (non-hydrogen) atoms. The van der Waals surface area contributed by atoms with Crippen LogP contribution in [0.5, 0.6) is 0 Å². The van der Waals surface area contributed by atoms with E-state index in [2.05, 4.69) is 26.2 Å². The van der Waals surface area contributed by atoms with Crippen LogP contribution in [0.2, 0.25) is 0 Å². The summed E-state index contributed by atoms with van der Waals surface area (Å²) in [6.45, 7) is 2.22. The molecule has 1 atom stereocenters. The zero-order valence-corrected chi connectivity index (χ0v) is 16.9. The molecule has 0 spiro atoms. The van der Waals surface area contributed by atoms with Gasteiger partial charge in [-0.3, -0.25) is 14.5 Å². The highest BCUT2D eigenvalue weighted by Crippen LogP contribution is 2.32. The number of anilines is 1. The number of carbonyl (C=O) groups excluding carboxylic acids is 2. The van der Waals surface area contributed by atoms with Crippen LogP contribution >= 0.6 is 27.7 Å². The third-order valence-electron chi connectivity index (χ3n) is 3.89. The summed E-state index contributed by atoms with van der Waals surface area (Å²) in [6, 6.07) is 13.6. The minimum absolute atomic E-state index is 0.0245. The number of thioether (sulfide) groups is 1. The second kappa shape index (κ2) is 8.67. The lowest BCUT2D eigenvalue weighted by atomic mass is 10.2. The van der Waals surface area contributed by atoms with Gasteiger partial charge in [0.25, 0.3) is 0 Å². The second-order valence-electron chi connectivity index (χ2n) is 5.80. The average molecular weight is 450 g/mol.